The zero-order valence-electron chi connectivity index (χ0n) is 17.4. The Balaban J connectivity index is 1.63. The van der Waals surface area contributed by atoms with Crippen molar-refractivity contribution in [2.24, 2.45) is 5.92 Å². The first-order chi connectivity index (χ1) is 14.0. The molecule has 1 aromatic carbocycles. The highest BCUT2D eigenvalue weighted by molar-refractivity contribution is 5.93. The third-order valence-corrected chi connectivity index (χ3v) is 6.15. The molecule has 4 heterocycles. The Hall–Kier alpha value is -2.86. The maximum Gasteiger partial charge on any atom is 0.163 e. The van der Waals surface area contributed by atoms with Crippen molar-refractivity contribution in [3.63, 3.8) is 0 Å². The fourth-order valence-corrected chi connectivity index (χ4v) is 4.24. The number of aromatic amines is 1. The molecule has 0 unspecified atom stereocenters. The molecule has 150 valence electrons. The summed E-state index contributed by atoms with van der Waals surface area (Å²) in [5.74, 6) is 1.94. The second kappa shape index (κ2) is 6.88. The van der Waals surface area contributed by atoms with Crippen LogP contribution in [0.1, 0.15) is 36.5 Å². The van der Waals surface area contributed by atoms with E-state index in [0.717, 1.165) is 42.2 Å². The van der Waals surface area contributed by atoms with Gasteiger partial charge in [-0.3, -0.25) is 4.40 Å². The SMILES string of the molecule is Cc1c(-c2[nH]c3ccc(OCC4CNC4)cc3c2C(C)C)cn2cnnc2c1C. The number of H-pyrrole nitrogens is 1. The maximum absolute atomic E-state index is 6.08. The molecule has 5 rings (SSSR count). The lowest BCUT2D eigenvalue weighted by molar-refractivity contribution is 0.199. The molecule has 4 aromatic rings. The first-order valence-corrected chi connectivity index (χ1v) is 10.3. The van der Waals surface area contributed by atoms with E-state index in [4.69, 9.17) is 4.74 Å². The predicted molar refractivity (Wildman–Crippen MR) is 116 cm³/mol. The number of nitrogens with zero attached hydrogens (tertiary/aromatic N) is 3. The first-order valence-electron chi connectivity index (χ1n) is 10.3. The summed E-state index contributed by atoms with van der Waals surface area (Å²) in [7, 11) is 0. The average Bonchev–Trinajstić information content (AvgIpc) is 3.27. The summed E-state index contributed by atoms with van der Waals surface area (Å²) in [6, 6.07) is 6.40. The number of ether oxygens (including phenoxy) is 1. The van der Waals surface area contributed by atoms with Gasteiger partial charge in [0.15, 0.2) is 5.65 Å². The third kappa shape index (κ3) is 2.99. The molecule has 0 spiro atoms. The number of aryl methyl sites for hydroxylation is 1. The molecule has 0 amide bonds. The van der Waals surface area contributed by atoms with E-state index in [0.29, 0.717) is 11.8 Å². The minimum absolute atomic E-state index is 0.376. The van der Waals surface area contributed by atoms with Crippen molar-refractivity contribution in [2.45, 2.75) is 33.6 Å². The largest absolute Gasteiger partial charge is 0.493 e. The number of hydrogen-bond donors (Lipinski definition) is 2. The van der Waals surface area contributed by atoms with Gasteiger partial charge in [-0.1, -0.05) is 13.8 Å². The maximum atomic E-state index is 6.08. The van der Waals surface area contributed by atoms with Crippen molar-refractivity contribution < 1.29 is 4.74 Å². The van der Waals surface area contributed by atoms with Gasteiger partial charge in [-0.05, 0) is 54.7 Å². The van der Waals surface area contributed by atoms with Crippen molar-refractivity contribution in [3.05, 3.63) is 47.4 Å². The number of aromatic nitrogens is 4. The molecule has 6 heteroatoms. The molecule has 2 N–H and O–H groups in total. The van der Waals surface area contributed by atoms with Crippen LogP contribution in [-0.4, -0.2) is 39.3 Å². The summed E-state index contributed by atoms with van der Waals surface area (Å²) in [6.07, 6.45) is 3.90. The summed E-state index contributed by atoms with van der Waals surface area (Å²) in [6.45, 7) is 11.7. The van der Waals surface area contributed by atoms with E-state index in [-0.39, 0.29) is 0 Å². The van der Waals surface area contributed by atoms with Gasteiger partial charge >= 0.3 is 0 Å². The van der Waals surface area contributed by atoms with Crippen LogP contribution in [0.5, 0.6) is 5.75 Å². The number of nitrogens with one attached hydrogen (secondary N) is 2. The standard InChI is InChI=1S/C23H27N5O/c1-13(2)21-18-7-17(29-11-16-8-24-9-16)5-6-20(18)26-22(21)19-10-28-12-25-27-23(28)15(4)14(19)3/h5-7,10,12-13,16,24,26H,8-9,11H2,1-4H3. The molecule has 1 fully saturated rings. The minimum atomic E-state index is 0.376. The van der Waals surface area contributed by atoms with E-state index in [2.05, 4.69) is 72.6 Å². The Morgan fingerprint density at radius 1 is 1.21 bits per heavy atom. The van der Waals surface area contributed by atoms with Gasteiger partial charge in [0.1, 0.15) is 12.1 Å². The summed E-state index contributed by atoms with van der Waals surface area (Å²) < 4.78 is 8.09. The molecule has 0 aliphatic carbocycles. The van der Waals surface area contributed by atoms with Gasteiger partial charge in [0.25, 0.3) is 0 Å². The zero-order valence-corrected chi connectivity index (χ0v) is 17.4. The molecule has 1 saturated heterocycles. The van der Waals surface area contributed by atoms with Crippen molar-refractivity contribution in [2.75, 3.05) is 19.7 Å². The van der Waals surface area contributed by atoms with E-state index < -0.39 is 0 Å². The minimum Gasteiger partial charge on any atom is -0.493 e. The second-order valence-corrected chi connectivity index (χ2v) is 8.47. The van der Waals surface area contributed by atoms with Gasteiger partial charge in [-0.25, -0.2) is 0 Å². The van der Waals surface area contributed by atoms with Crippen molar-refractivity contribution in [1.29, 1.82) is 0 Å². The molecule has 6 nitrogen and oxygen atoms in total. The number of rotatable bonds is 5. The molecule has 0 radical (unpaired) electrons. The summed E-state index contributed by atoms with van der Waals surface area (Å²) >= 11 is 0. The molecule has 0 bridgehead atoms. The van der Waals surface area contributed by atoms with Crippen LogP contribution in [0.4, 0.5) is 0 Å². The van der Waals surface area contributed by atoms with E-state index in [9.17, 15) is 0 Å². The van der Waals surface area contributed by atoms with Gasteiger partial charge in [0.2, 0.25) is 0 Å². The topological polar surface area (TPSA) is 67.2 Å². The molecule has 29 heavy (non-hydrogen) atoms. The smallest absolute Gasteiger partial charge is 0.163 e. The predicted octanol–water partition coefficient (Wildman–Crippen LogP) is 4.22. The van der Waals surface area contributed by atoms with Gasteiger partial charge in [-0.2, -0.15) is 0 Å². The first kappa shape index (κ1) is 18.2. The number of hydrogen-bond acceptors (Lipinski definition) is 4. The summed E-state index contributed by atoms with van der Waals surface area (Å²) in [5.41, 5.74) is 8.13. The molecule has 1 aliphatic rings. The molecular weight excluding hydrogens is 362 g/mol. The van der Waals surface area contributed by atoms with E-state index in [1.165, 1.54) is 27.8 Å². The van der Waals surface area contributed by atoms with Crippen LogP contribution in [0.15, 0.2) is 30.7 Å². The van der Waals surface area contributed by atoms with Gasteiger partial charge in [0, 0.05) is 41.7 Å². The lowest BCUT2D eigenvalue weighted by Crippen LogP contribution is -2.45. The van der Waals surface area contributed by atoms with Crippen LogP contribution in [0.25, 0.3) is 27.8 Å². The number of fused-ring (bicyclic) bond motifs is 2. The van der Waals surface area contributed by atoms with E-state index >= 15 is 0 Å². The van der Waals surface area contributed by atoms with Crippen LogP contribution >= 0.6 is 0 Å². The fraction of sp³-hybridized carbons (Fsp3) is 0.391. The van der Waals surface area contributed by atoms with Crippen molar-refractivity contribution in [3.8, 4) is 17.0 Å². The molecule has 1 aliphatic heterocycles. The second-order valence-electron chi connectivity index (χ2n) is 8.47. The number of pyridine rings is 1. The van der Waals surface area contributed by atoms with Crippen LogP contribution in [0.3, 0.4) is 0 Å². The van der Waals surface area contributed by atoms with Crippen molar-refractivity contribution in [1.82, 2.24) is 24.9 Å². The summed E-state index contributed by atoms with van der Waals surface area (Å²) in [4.78, 5) is 3.68. The normalized spacial score (nSPS) is 14.8. The third-order valence-electron chi connectivity index (χ3n) is 6.15. The highest BCUT2D eigenvalue weighted by Gasteiger charge is 2.21. The van der Waals surface area contributed by atoms with Gasteiger partial charge < -0.3 is 15.0 Å². The van der Waals surface area contributed by atoms with Crippen LogP contribution in [0.2, 0.25) is 0 Å². The van der Waals surface area contributed by atoms with Gasteiger partial charge in [0.05, 0.1) is 12.3 Å². The zero-order chi connectivity index (χ0) is 20.1. The Bertz CT molecular complexity index is 1200. The lowest BCUT2D eigenvalue weighted by atomic mass is 9.94. The Morgan fingerprint density at radius 2 is 2.03 bits per heavy atom. The van der Waals surface area contributed by atoms with Crippen LogP contribution < -0.4 is 10.1 Å². The van der Waals surface area contributed by atoms with E-state index in [1.54, 1.807) is 6.33 Å². The average molecular weight is 390 g/mol. The van der Waals surface area contributed by atoms with Crippen molar-refractivity contribution >= 4 is 16.6 Å². The highest BCUT2D eigenvalue weighted by Crippen LogP contribution is 2.39. The van der Waals surface area contributed by atoms with Gasteiger partial charge in [-0.15, -0.1) is 10.2 Å². The fourth-order valence-electron chi connectivity index (χ4n) is 4.24. The monoisotopic (exact) mass is 389 g/mol. The quantitative estimate of drug-likeness (QED) is 0.536. The highest BCUT2D eigenvalue weighted by atomic mass is 16.5. The molecular formula is C23H27N5O. The molecule has 3 aromatic heterocycles. The summed E-state index contributed by atoms with van der Waals surface area (Å²) in [5, 5.41) is 12.9. The van der Waals surface area contributed by atoms with E-state index in [1.807, 2.05) is 4.40 Å². The Morgan fingerprint density at radius 3 is 2.76 bits per heavy atom. The van der Waals surface area contributed by atoms with Crippen LogP contribution in [-0.2, 0) is 0 Å². The van der Waals surface area contributed by atoms with Crippen LogP contribution in [0, 0.1) is 19.8 Å². The molecule has 0 atom stereocenters. The Labute approximate surface area is 170 Å². The Kier molecular flexibility index (Phi) is 4.32. The molecule has 0 saturated carbocycles. The lowest BCUT2D eigenvalue weighted by Gasteiger charge is -2.26. The number of benzene rings is 1.